The van der Waals surface area contributed by atoms with Crippen molar-refractivity contribution in [2.24, 2.45) is 11.7 Å². The molecule has 1 aliphatic rings. The van der Waals surface area contributed by atoms with Crippen LogP contribution in [0, 0.1) is 5.92 Å². The zero-order chi connectivity index (χ0) is 14.8. The number of rotatable bonds is 6. The number of aromatic nitrogens is 2. The van der Waals surface area contributed by atoms with Crippen molar-refractivity contribution in [1.82, 2.24) is 14.1 Å². The van der Waals surface area contributed by atoms with E-state index < -0.39 is 10.0 Å². The van der Waals surface area contributed by atoms with Crippen LogP contribution in [-0.2, 0) is 16.6 Å². The van der Waals surface area contributed by atoms with Crippen LogP contribution in [0.4, 0.5) is 0 Å². The summed E-state index contributed by atoms with van der Waals surface area (Å²) in [6, 6.07) is 1.51. The SMILES string of the molecule is CCC[C@H]1CN(S(=O)(=O)c2ccnn2CCC)C[C@@H]1N. The van der Waals surface area contributed by atoms with Crippen LogP contribution in [0.25, 0.3) is 0 Å². The minimum Gasteiger partial charge on any atom is -0.326 e. The Morgan fingerprint density at radius 3 is 2.75 bits per heavy atom. The van der Waals surface area contributed by atoms with Crippen molar-refractivity contribution in [3.63, 3.8) is 0 Å². The molecule has 2 atom stereocenters. The molecule has 1 saturated heterocycles. The van der Waals surface area contributed by atoms with Gasteiger partial charge in [-0.2, -0.15) is 9.40 Å². The van der Waals surface area contributed by atoms with E-state index in [-0.39, 0.29) is 17.0 Å². The minimum atomic E-state index is -3.48. The highest BCUT2D eigenvalue weighted by Gasteiger charge is 2.38. The van der Waals surface area contributed by atoms with Crippen LogP contribution in [0.1, 0.15) is 33.1 Å². The lowest BCUT2D eigenvalue weighted by Gasteiger charge is -2.17. The lowest BCUT2D eigenvalue weighted by atomic mass is 9.99. The molecule has 0 amide bonds. The molecule has 1 aromatic rings. The third-order valence-electron chi connectivity index (χ3n) is 3.83. The second-order valence-corrected chi connectivity index (χ2v) is 7.31. The van der Waals surface area contributed by atoms with Gasteiger partial charge in [0.1, 0.15) is 0 Å². The first-order chi connectivity index (χ1) is 9.50. The Morgan fingerprint density at radius 1 is 1.35 bits per heavy atom. The molecular weight excluding hydrogens is 276 g/mol. The number of hydrogen-bond acceptors (Lipinski definition) is 4. The summed E-state index contributed by atoms with van der Waals surface area (Å²) in [4.78, 5) is 0. The Kier molecular flexibility index (Phi) is 4.82. The normalized spacial score (nSPS) is 24.4. The van der Waals surface area contributed by atoms with Crippen LogP contribution in [0.3, 0.4) is 0 Å². The molecule has 2 rings (SSSR count). The number of sulfonamides is 1. The summed E-state index contributed by atoms with van der Waals surface area (Å²) >= 11 is 0. The van der Waals surface area contributed by atoms with Gasteiger partial charge < -0.3 is 5.73 Å². The molecule has 0 unspecified atom stereocenters. The fraction of sp³-hybridized carbons (Fsp3) is 0.769. The summed E-state index contributed by atoms with van der Waals surface area (Å²) in [6.07, 6.45) is 4.39. The van der Waals surface area contributed by atoms with E-state index in [1.165, 1.54) is 4.31 Å². The number of hydrogen-bond donors (Lipinski definition) is 1. The summed E-state index contributed by atoms with van der Waals surface area (Å²) in [7, 11) is -3.48. The Morgan fingerprint density at radius 2 is 2.10 bits per heavy atom. The van der Waals surface area contributed by atoms with Crippen molar-refractivity contribution in [2.45, 2.75) is 50.7 Å². The van der Waals surface area contributed by atoms with Crippen molar-refractivity contribution < 1.29 is 8.42 Å². The first kappa shape index (κ1) is 15.5. The minimum absolute atomic E-state index is 0.0627. The maximum atomic E-state index is 12.7. The number of nitrogens with zero attached hydrogens (tertiary/aromatic N) is 3. The summed E-state index contributed by atoms with van der Waals surface area (Å²) in [5.41, 5.74) is 6.07. The van der Waals surface area contributed by atoms with Crippen LogP contribution < -0.4 is 5.73 Å². The van der Waals surface area contributed by atoms with E-state index >= 15 is 0 Å². The van der Waals surface area contributed by atoms with Crippen molar-refractivity contribution in [1.29, 1.82) is 0 Å². The monoisotopic (exact) mass is 300 g/mol. The van der Waals surface area contributed by atoms with Gasteiger partial charge in [-0.25, -0.2) is 8.42 Å². The van der Waals surface area contributed by atoms with Gasteiger partial charge in [-0.05, 0) is 24.8 Å². The van der Waals surface area contributed by atoms with Crippen LogP contribution in [0.15, 0.2) is 17.3 Å². The van der Waals surface area contributed by atoms with Crippen molar-refractivity contribution in [2.75, 3.05) is 13.1 Å². The summed E-state index contributed by atoms with van der Waals surface area (Å²) < 4.78 is 28.5. The second-order valence-electron chi connectivity index (χ2n) is 5.43. The van der Waals surface area contributed by atoms with E-state index in [1.807, 2.05) is 6.92 Å². The Balaban J connectivity index is 2.21. The zero-order valence-corrected chi connectivity index (χ0v) is 13.0. The van der Waals surface area contributed by atoms with Crippen LogP contribution in [0.5, 0.6) is 0 Å². The fourth-order valence-corrected chi connectivity index (χ4v) is 4.44. The highest BCUT2D eigenvalue weighted by Crippen LogP contribution is 2.26. The third-order valence-corrected chi connectivity index (χ3v) is 5.69. The topological polar surface area (TPSA) is 81.2 Å². The maximum absolute atomic E-state index is 12.7. The molecule has 0 aromatic carbocycles. The zero-order valence-electron chi connectivity index (χ0n) is 12.2. The average Bonchev–Trinajstić information content (AvgIpc) is 2.99. The van der Waals surface area contributed by atoms with Crippen molar-refractivity contribution in [3.8, 4) is 0 Å². The lowest BCUT2D eigenvalue weighted by Crippen LogP contribution is -2.33. The fourth-order valence-electron chi connectivity index (χ4n) is 2.78. The van der Waals surface area contributed by atoms with Gasteiger partial charge >= 0.3 is 0 Å². The highest BCUT2D eigenvalue weighted by molar-refractivity contribution is 7.89. The van der Waals surface area contributed by atoms with Crippen LogP contribution >= 0.6 is 0 Å². The molecule has 0 aliphatic carbocycles. The van der Waals surface area contributed by atoms with Crippen LogP contribution in [-0.4, -0.2) is 41.6 Å². The molecule has 1 aromatic heterocycles. The van der Waals surface area contributed by atoms with Gasteiger partial charge in [0, 0.05) is 25.7 Å². The van der Waals surface area contributed by atoms with Gasteiger partial charge in [0.2, 0.25) is 0 Å². The Labute approximate surface area is 121 Å². The quantitative estimate of drug-likeness (QED) is 0.851. The molecule has 0 bridgehead atoms. The molecule has 2 heterocycles. The molecule has 7 heteroatoms. The molecule has 0 spiro atoms. The number of aryl methyl sites for hydroxylation is 1. The van der Waals surface area contributed by atoms with Gasteiger partial charge in [-0.3, -0.25) is 4.68 Å². The van der Waals surface area contributed by atoms with Crippen LogP contribution in [0.2, 0.25) is 0 Å². The molecular formula is C13H24N4O2S. The van der Waals surface area contributed by atoms with Crippen molar-refractivity contribution in [3.05, 3.63) is 12.3 Å². The van der Waals surface area contributed by atoms with E-state index in [0.29, 0.717) is 19.6 Å². The van der Waals surface area contributed by atoms with Gasteiger partial charge in [0.15, 0.2) is 5.03 Å². The van der Waals surface area contributed by atoms with Gasteiger partial charge in [0.05, 0.1) is 6.20 Å². The highest BCUT2D eigenvalue weighted by atomic mass is 32.2. The molecule has 6 nitrogen and oxygen atoms in total. The molecule has 0 saturated carbocycles. The van der Waals surface area contributed by atoms with Gasteiger partial charge in [-0.1, -0.05) is 20.3 Å². The largest absolute Gasteiger partial charge is 0.326 e. The maximum Gasteiger partial charge on any atom is 0.260 e. The molecule has 2 N–H and O–H groups in total. The first-order valence-electron chi connectivity index (χ1n) is 7.28. The average molecular weight is 300 g/mol. The number of nitrogens with two attached hydrogens (primary N) is 1. The second kappa shape index (κ2) is 6.24. The summed E-state index contributed by atoms with van der Waals surface area (Å²) in [6.45, 7) is 5.64. The molecule has 0 radical (unpaired) electrons. The van der Waals surface area contributed by atoms with E-state index in [4.69, 9.17) is 5.73 Å². The first-order valence-corrected chi connectivity index (χ1v) is 8.72. The van der Waals surface area contributed by atoms with E-state index in [0.717, 1.165) is 19.3 Å². The summed E-state index contributed by atoms with van der Waals surface area (Å²) in [5, 5.41) is 4.38. The summed E-state index contributed by atoms with van der Waals surface area (Å²) in [5.74, 6) is 0.261. The van der Waals surface area contributed by atoms with Gasteiger partial charge in [0.25, 0.3) is 10.0 Å². The predicted octanol–water partition coefficient (Wildman–Crippen LogP) is 1.04. The predicted molar refractivity (Wildman–Crippen MR) is 77.7 cm³/mol. The standard InChI is InChI=1S/C13H24N4O2S/c1-3-5-11-9-16(10-12(11)14)20(18,19)13-6-7-15-17(13)8-4-2/h6-7,11-12H,3-5,8-10,14H2,1-2H3/t11-,12-/m0/s1. The van der Waals surface area contributed by atoms with E-state index in [2.05, 4.69) is 12.0 Å². The smallest absolute Gasteiger partial charge is 0.260 e. The Hall–Kier alpha value is -0.920. The van der Waals surface area contributed by atoms with E-state index in [1.54, 1.807) is 16.9 Å². The van der Waals surface area contributed by atoms with Crippen molar-refractivity contribution >= 4 is 10.0 Å². The molecule has 1 fully saturated rings. The van der Waals surface area contributed by atoms with E-state index in [9.17, 15) is 8.42 Å². The van der Waals surface area contributed by atoms with Gasteiger partial charge in [-0.15, -0.1) is 0 Å². The molecule has 20 heavy (non-hydrogen) atoms. The Bertz CT molecular complexity index is 540. The molecule has 1 aliphatic heterocycles. The third kappa shape index (κ3) is 2.89. The molecule has 114 valence electrons. The lowest BCUT2D eigenvalue weighted by molar-refractivity contribution is 0.430.